The van der Waals surface area contributed by atoms with Gasteiger partial charge in [0, 0.05) is 30.0 Å². The van der Waals surface area contributed by atoms with Crippen LogP contribution in [0.3, 0.4) is 0 Å². The number of aromatic nitrogens is 8. The molecule has 2 aliphatic carbocycles. The lowest BCUT2D eigenvalue weighted by molar-refractivity contribution is 0.183. The quantitative estimate of drug-likeness (QED) is 0.159. The Hall–Kier alpha value is -7.32. The van der Waals surface area contributed by atoms with E-state index in [0.717, 1.165) is 88.3 Å². The molecule has 8 aromatic rings. The molecule has 0 saturated carbocycles. The van der Waals surface area contributed by atoms with Crippen LogP contribution in [0.2, 0.25) is 0 Å². The molecular formula is C44H35F2N10O2+. The summed E-state index contributed by atoms with van der Waals surface area (Å²) in [5.74, 6) is 0.358. The molecule has 0 fully saturated rings. The standard InChI is InChI=1S/C44H35F2N10O2/c1-53-24-33(22-49-53)55-41-14-35(10-8-29(41)20-51-55)58-44-7-3-5-28-13-32(40(46)17-38(28)44)19-48-26-54-25-34(23-50-54)56-42-15-36(11-9-30(42)21-52-56)57-43-6-2-4-27-12-31(18-47)39(45)16-37(27)43/h8-17,20-25,43-44H,2-7,26H2,1H3/q+1/t43-,44+/m1/s1. The minimum absolute atomic E-state index is 0.0534. The third kappa shape index (κ3) is 6.48. The Morgan fingerprint density at radius 2 is 1.28 bits per heavy atom. The molecule has 286 valence electrons. The highest BCUT2D eigenvalue weighted by atomic mass is 19.1. The van der Waals surface area contributed by atoms with Gasteiger partial charge in [0.05, 0.1) is 53.8 Å². The van der Waals surface area contributed by atoms with Crippen LogP contribution < -0.4 is 9.47 Å². The van der Waals surface area contributed by atoms with Gasteiger partial charge in [0.2, 0.25) is 0 Å². The van der Waals surface area contributed by atoms with Gasteiger partial charge in [-0.05, 0) is 109 Å². The summed E-state index contributed by atoms with van der Waals surface area (Å²) in [5.41, 5.74) is 7.18. The Bertz CT molecular complexity index is 3000. The van der Waals surface area contributed by atoms with Crippen LogP contribution in [-0.4, -0.2) is 39.1 Å². The first-order chi connectivity index (χ1) is 28.4. The SMILES string of the molecule is Cn1cc(-n2ncc3ccc(O[C@H]4CCCc5cc(C#[N+]Cn6cc(-n7ncc8ccc(O[C@@H]9CCCc%10cc(C#N)c(F)cc%109)cc87)cn6)c(F)cc54)cc32)cn1. The average molecular weight is 774 g/mol. The van der Waals surface area contributed by atoms with Gasteiger partial charge in [-0.3, -0.25) is 4.68 Å². The first-order valence-electron chi connectivity index (χ1n) is 19.1. The molecule has 0 saturated heterocycles. The van der Waals surface area contributed by atoms with Crippen molar-refractivity contribution in [3.05, 3.63) is 148 Å². The smallest absolute Gasteiger partial charge is 0.357 e. The van der Waals surface area contributed by atoms with E-state index >= 15 is 4.39 Å². The molecule has 0 bridgehead atoms. The lowest BCUT2D eigenvalue weighted by Gasteiger charge is -2.26. The maximum Gasteiger partial charge on any atom is 0.357 e. The van der Waals surface area contributed by atoms with Crippen LogP contribution in [0.4, 0.5) is 8.78 Å². The highest BCUT2D eigenvalue weighted by Crippen LogP contribution is 2.38. The zero-order valence-corrected chi connectivity index (χ0v) is 31.4. The monoisotopic (exact) mass is 773 g/mol. The Morgan fingerprint density at radius 1 is 0.707 bits per heavy atom. The van der Waals surface area contributed by atoms with Gasteiger partial charge in [-0.15, -0.1) is 0 Å². The number of nitrogens with zero attached hydrogens (tertiary/aromatic N) is 10. The minimum Gasteiger partial charge on any atom is -0.486 e. The van der Waals surface area contributed by atoms with Gasteiger partial charge in [0.15, 0.2) is 0 Å². The second-order valence-electron chi connectivity index (χ2n) is 14.7. The van der Waals surface area contributed by atoms with Crippen molar-refractivity contribution in [1.29, 1.82) is 5.26 Å². The highest BCUT2D eigenvalue weighted by Gasteiger charge is 2.26. The predicted octanol–water partition coefficient (Wildman–Crippen LogP) is 8.70. The Morgan fingerprint density at radius 3 is 1.86 bits per heavy atom. The molecule has 58 heavy (non-hydrogen) atoms. The first-order valence-corrected chi connectivity index (χ1v) is 19.1. The molecule has 2 aliphatic rings. The van der Waals surface area contributed by atoms with Crippen LogP contribution in [0.25, 0.3) is 38.0 Å². The van der Waals surface area contributed by atoms with Gasteiger partial charge >= 0.3 is 12.7 Å². The Labute approximate surface area is 330 Å². The van der Waals surface area contributed by atoms with Crippen molar-refractivity contribution >= 4 is 21.8 Å². The molecule has 4 aromatic heterocycles. The van der Waals surface area contributed by atoms with E-state index < -0.39 is 11.6 Å². The molecule has 0 radical (unpaired) electrons. The van der Waals surface area contributed by atoms with E-state index in [9.17, 15) is 9.65 Å². The zero-order valence-electron chi connectivity index (χ0n) is 31.4. The van der Waals surface area contributed by atoms with Crippen molar-refractivity contribution < 1.29 is 18.3 Å². The van der Waals surface area contributed by atoms with E-state index in [0.29, 0.717) is 17.2 Å². The third-order valence-corrected chi connectivity index (χ3v) is 11.0. The minimum atomic E-state index is -0.533. The van der Waals surface area contributed by atoms with Crippen molar-refractivity contribution in [1.82, 2.24) is 39.1 Å². The molecule has 14 heteroatoms. The Kier molecular flexibility index (Phi) is 8.67. The first kappa shape index (κ1) is 35.1. The summed E-state index contributed by atoms with van der Waals surface area (Å²) in [4.78, 5) is 4.41. The fraction of sp³-hybridized carbons (Fsp3) is 0.227. The summed E-state index contributed by atoms with van der Waals surface area (Å²) in [6.07, 6.45) is 15.0. The molecule has 4 aromatic carbocycles. The topological polar surface area (TPSA) is 118 Å². The Balaban J connectivity index is 0.836. The van der Waals surface area contributed by atoms with Gasteiger partial charge in [-0.2, -0.15) is 30.3 Å². The van der Waals surface area contributed by atoms with Gasteiger partial charge in [0.1, 0.15) is 58.3 Å². The van der Waals surface area contributed by atoms with Gasteiger partial charge in [-0.1, -0.05) is 4.85 Å². The number of rotatable bonds is 7. The van der Waals surface area contributed by atoms with Crippen LogP contribution in [0.1, 0.15) is 71.3 Å². The molecule has 0 unspecified atom stereocenters. The second-order valence-corrected chi connectivity index (χ2v) is 14.7. The summed E-state index contributed by atoms with van der Waals surface area (Å²) in [6.45, 7) is 0.124. The van der Waals surface area contributed by atoms with E-state index in [-0.39, 0.29) is 30.0 Å². The van der Waals surface area contributed by atoms with Gasteiger partial charge in [0.25, 0.3) is 0 Å². The number of hydrogen-bond donors (Lipinski definition) is 0. The number of nitriles is 1. The number of benzene rings is 4. The molecule has 10 rings (SSSR count). The summed E-state index contributed by atoms with van der Waals surface area (Å²) < 4.78 is 50.0. The second kappa shape index (κ2) is 14.3. The largest absolute Gasteiger partial charge is 0.486 e. The zero-order chi connectivity index (χ0) is 39.3. The maximum atomic E-state index is 15.6. The molecule has 0 aliphatic heterocycles. The molecule has 4 heterocycles. The van der Waals surface area contributed by atoms with E-state index in [1.807, 2.05) is 78.9 Å². The summed E-state index contributed by atoms with van der Waals surface area (Å²) >= 11 is 0. The van der Waals surface area contributed by atoms with Crippen LogP contribution in [0, 0.1) is 29.0 Å². The lowest BCUT2D eigenvalue weighted by Crippen LogP contribution is -2.16. The molecule has 0 spiro atoms. The van der Waals surface area contributed by atoms with E-state index in [2.05, 4.69) is 31.3 Å². The van der Waals surface area contributed by atoms with Gasteiger partial charge in [-0.25, -0.2) is 18.1 Å². The average Bonchev–Trinajstić information content (AvgIpc) is 4.05. The fourth-order valence-electron chi connectivity index (χ4n) is 8.12. The van der Waals surface area contributed by atoms with Crippen molar-refractivity contribution in [3.8, 4) is 35.0 Å². The number of hydrogen-bond acceptors (Lipinski definition) is 7. The third-order valence-electron chi connectivity index (χ3n) is 11.0. The molecule has 12 nitrogen and oxygen atoms in total. The van der Waals surface area contributed by atoms with Crippen LogP contribution >= 0.6 is 0 Å². The van der Waals surface area contributed by atoms with Crippen LogP contribution in [0.15, 0.2) is 97.8 Å². The maximum absolute atomic E-state index is 15.6. The predicted molar refractivity (Wildman–Crippen MR) is 211 cm³/mol. The fourth-order valence-corrected chi connectivity index (χ4v) is 8.12. The van der Waals surface area contributed by atoms with Crippen molar-refractivity contribution in [2.45, 2.75) is 57.4 Å². The van der Waals surface area contributed by atoms with Crippen molar-refractivity contribution in [2.24, 2.45) is 7.05 Å². The molecule has 2 atom stereocenters. The summed E-state index contributed by atoms with van der Waals surface area (Å²) in [5, 5.41) is 29.0. The van der Waals surface area contributed by atoms with Gasteiger partial charge < -0.3 is 9.47 Å². The summed E-state index contributed by atoms with van der Waals surface area (Å²) in [6, 6.07) is 22.9. The normalized spacial score (nSPS) is 16.0. The van der Waals surface area contributed by atoms with Crippen molar-refractivity contribution in [3.63, 3.8) is 0 Å². The van der Waals surface area contributed by atoms with E-state index in [1.165, 1.54) is 6.07 Å². The number of halogens is 2. The lowest BCUT2D eigenvalue weighted by atomic mass is 9.88. The number of ether oxygens (including phenoxy) is 2. The van der Waals surface area contributed by atoms with Crippen LogP contribution in [0.5, 0.6) is 11.5 Å². The van der Waals surface area contributed by atoms with E-state index in [1.54, 1.807) is 44.8 Å². The highest BCUT2D eigenvalue weighted by molar-refractivity contribution is 5.82. The number of aryl methyl sites for hydroxylation is 3. The van der Waals surface area contributed by atoms with Crippen molar-refractivity contribution in [2.75, 3.05) is 0 Å². The molecule has 0 amide bonds. The molecule has 0 N–H and O–H groups in total. The van der Waals surface area contributed by atoms with Crippen LogP contribution in [-0.2, 0) is 26.6 Å². The number of fused-ring (bicyclic) bond motifs is 4. The summed E-state index contributed by atoms with van der Waals surface area (Å²) in [7, 11) is 1.86. The molecular weight excluding hydrogens is 739 g/mol. The van der Waals surface area contributed by atoms with E-state index in [4.69, 9.17) is 9.47 Å².